The summed E-state index contributed by atoms with van der Waals surface area (Å²) in [5.74, 6) is 1.59. The van der Waals surface area contributed by atoms with Crippen molar-refractivity contribution in [3.63, 3.8) is 0 Å². The van der Waals surface area contributed by atoms with Crippen molar-refractivity contribution in [2.24, 2.45) is 17.8 Å². The van der Waals surface area contributed by atoms with Crippen LogP contribution in [0.15, 0.2) is 24.4 Å². The molecule has 0 spiro atoms. The smallest absolute Gasteiger partial charge is 0.227 e. The number of rotatable bonds is 11. The van der Waals surface area contributed by atoms with E-state index in [4.69, 9.17) is 21.3 Å². The molecule has 3 atom stereocenters. The van der Waals surface area contributed by atoms with Crippen LogP contribution in [0.2, 0.25) is 5.02 Å². The Hall–Kier alpha value is -2.47. The van der Waals surface area contributed by atoms with Gasteiger partial charge in [0.1, 0.15) is 5.75 Å². The van der Waals surface area contributed by atoms with E-state index in [-0.39, 0.29) is 23.8 Å². The highest BCUT2D eigenvalue weighted by molar-refractivity contribution is 7.88. The molecule has 0 bridgehead atoms. The second-order valence-corrected chi connectivity index (χ2v) is 14.4. The van der Waals surface area contributed by atoms with Crippen molar-refractivity contribution in [1.29, 1.82) is 0 Å². The number of amides is 1. The Morgan fingerprint density at radius 2 is 1.93 bits per heavy atom. The van der Waals surface area contributed by atoms with Crippen molar-refractivity contribution >= 4 is 44.9 Å². The molecule has 2 aliphatic rings. The predicted molar refractivity (Wildman–Crippen MR) is 168 cm³/mol. The topological polar surface area (TPSA) is 117 Å². The summed E-state index contributed by atoms with van der Waals surface area (Å²) in [5, 5.41) is 6.79. The Labute approximate surface area is 255 Å². The lowest BCUT2D eigenvalue weighted by molar-refractivity contribution is -0.121. The fraction of sp³-hybridized carbons (Fsp3) is 0.633. The van der Waals surface area contributed by atoms with Crippen molar-refractivity contribution in [2.45, 2.75) is 64.3 Å². The number of nitrogens with one attached hydrogen (secondary N) is 2. The van der Waals surface area contributed by atoms with Crippen LogP contribution >= 0.6 is 11.6 Å². The number of aromatic nitrogens is 2. The van der Waals surface area contributed by atoms with E-state index in [1.165, 1.54) is 6.26 Å². The first kappa shape index (κ1) is 32.4. The highest BCUT2D eigenvalue weighted by atomic mass is 35.5. The van der Waals surface area contributed by atoms with Crippen molar-refractivity contribution in [2.75, 3.05) is 51.2 Å². The molecule has 232 valence electrons. The molecule has 1 saturated carbocycles. The second kappa shape index (κ2) is 14.3. The molecule has 1 aromatic heterocycles. The largest absolute Gasteiger partial charge is 0.495 e. The number of benzene rings is 1. The van der Waals surface area contributed by atoms with Crippen molar-refractivity contribution in [3.05, 3.63) is 35.1 Å². The first-order chi connectivity index (χ1) is 20.0. The van der Waals surface area contributed by atoms with Gasteiger partial charge in [0.2, 0.25) is 21.9 Å². The maximum absolute atomic E-state index is 12.9. The molecule has 1 aliphatic heterocycles. The summed E-state index contributed by atoms with van der Waals surface area (Å²) in [4.78, 5) is 24.2. The van der Waals surface area contributed by atoms with E-state index >= 15 is 0 Å². The molecule has 2 aromatic rings. The molecular weight excluding hydrogens is 576 g/mol. The van der Waals surface area contributed by atoms with Gasteiger partial charge in [-0.3, -0.25) is 4.79 Å². The molecule has 2 heterocycles. The lowest BCUT2D eigenvalue weighted by Crippen LogP contribution is -2.45. The number of likely N-dealkylation sites (tertiary alicyclic amines) is 1. The molecular formula is C30H45ClN6O4S. The minimum absolute atomic E-state index is 0.0000718. The highest BCUT2D eigenvalue weighted by Crippen LogP contribution is 2.36. The molecule has 1 amide bonds. The quantitative estimate of drug-likeness (QED) is 0.353. The number of nitrogens with zero attached hydrogens (tertiary/aromatic N) is 4. The third kappa shape index (κ3) is 8.33. The monoisotopic (exact) mass is 620 g/mol. The molecule has 1 unspecified atom stereocenters. The minimum Gasteiger partial charge on any atom is -0.495 e. The number of methoxy groups -OCH3 is 1. The number of sulfonamides is 1. The molecule has 10 nitrogen and oxygen atoms in total. The van der Waals surface area contributed by atoms with Gasteiger partial charge in [-0.15, -0.1) is 0 Å². The van der Waals surface area contributed by atoms with E-state index in [0.717, 1.165) is 63.7 Å². The number of piperidine rings is 1. The summed E-state index contributed by atoms with van der Waals surface area (Å²) in [7, 11) is 2.12. The maximum atomic E-state index is 12.9. The molecule has 12 heteroatoms. The Bertz CT molecular complexity index is 1340. The van der Waals surface area contributed by atoms with Crippen LogP contribution in [0.25, 0.3) is 0 Å². The minimum atomic E-state index is -3.25. The van der Waals surface area contributed by atoms with Gasteiger partial charge in [-0.05, 0) is 88.7 Å². The van der Waals surface area contributed by atoms with Crippen molar-refractivity contribution in [1.82, 2.24) is 19.2 Å². The van der Waals surface area contributed by atoms with Crippen molar-refractivity contribution in [3.8, 4) is 5.75 Å². The van der Waals surface area contributed by atoms with Crippen LogP contribution < -0.4 is 15.4 Å². The van der Waals surface area contributed by atoms with Crippen LogP contribution in [-0.2, 0) is 21.2 Å². The number of carbonyl (C=O) groups excluding carboxylic acids is 1. The number of anilines is 3. The molecule has 2 fully saturated rings. The molecule has 4 rings (SSSR count). The van der Waals surface area contributed by atoms with E-state index in [9.17, 15) is 13.2 Å². The summed E-state index contributed by atoms with van der Waals surface area (Å²) in [6.45, 7) is 4.03. The number of ether oxygens (including phenoxy) is 1. The fourth-order valence-corrected chi connectivity index (χ4v) is 7.18. The Morgan fingerprint density at radius 3 is 2.62 bits per heavy atom. The number of aryl methyl sites for hydroxylation is 1. The molecule has 2 N–H and O–H groups in total. The normalized spacial score (nSPS) is 21.2. The lowest BCUT2D eigenvalue weighted by Gasteiger charge is -2.40. The van der Waals surface area contributed by atoms with E-state index in [0.29, 0.717) is 40.4 Å². The summed E-state index contributed by atoms with van der Waals surface area (Å²) in [5.41, 5.74) is 2.04. The number of hydrogen-bond donors (Lipinski definition) is 2. The maximum Gasteiger partial charge on any atom is 0.227 e. The van der Waals surface area contributed by atoms with Gasteiger partial charge in [0, 0.05) is 24.7 Å². The second-order valence-electron chi connectivity index (χ2n) is 11.9. The lowest BCUT2D eigenvalue weighted by atomic mass is 9.75. The summed E-state index contributed by atoms with van der Waals surface area (Å²) in [6, 6.07) is 5.47. The van der Waals surface area contributed by atoms with Gasteiger partial charge in [0.05, 0.1) is 36.0 Å². The van der Waals surface area contributed by atoms with Gasteiger partial charge in [-0.2, -0.15) is 0 Å². The Kier molecular flexibility index (Phi) is 11.1. The highest BCUT2D eigenvalue weighted by Gasteiger charge is 2.35. The number of halogens is 1. The number of hydrogen-bond acceptors (Lipinski definition) is 8. The third-order valence-corrected chi connectivity index (χ3v) is 10.6. The first-order valence-corrected chi connectivity index (χ1v) is 17.1. The van der Waals surface area contributed by atoms with Gasteiger partial charge < -0.3 is 20.3 Å². The van der Waals surface area contributed by atoms with Gasteiger partial charge in [-0.1, -0.05) is 31.4 Å². The molecule has 1 aromatic carbocycles. The van der Waals surface area contributed by atoms with Gasteiger partial charge >= 0.3 is 0 Å². The zero-order valence-electron chi connectivity index (χ0n) is 25.4. The Balaban J connectivity index is 1.43. The van der Waals surface area contributed by atoms with Gasteiger partial charge in [-0.25, -0.2) is 22.7 Å². The van der Waals surface area contributed by atoms with Crippen LogP contribution in [0.3, 0.4) is 0 Å². The predicted octanol–water partition coefficient (Wildman–Crippen LogP) is 5.18. The Morgan fingerprint density at radius 1 is 1.21 bits per heavy atom. The first-order valence-electron chi connectivity index (χ1n) is 14.8. The fourth-order valence-electron chi connectivity index (χ4n) is 6.24. The molecule has 0 radical (unpaired) electrons. The average molecular weight is 621 g/mol. The zero-order valence-corrected chi connectivity index (χ0v) is 27.0. The van der Waals surface area contributed by atoms with Crippen LogP contribution in [-0.4, -0.2) is 80.1 Å². The third-order valence-electron chi connectivity index (χ3n) is 8.96. The summed E-state index contributed by atoms with van der Waals surface area (Å²) in [6.07, 6.45) is 10.1. The zero-order chi connectivity index (χ0) is 30.4. The van der Waals surface area contributed by atoms with E-state index in [2.05, 4.69) is 34.5 Å². The van der Waals surface area contributed by atoms with E-state index in [1.54, 1.807) is 30.7 Å². The molecule has 42 heavy (non-hydrogen) atoms. The molecule has 1 saturated heterocycles. The van der Waals surface area contributed by atoms with Gasteiger partial charge in [0.25, 0.3) is 0 Å². The molecule has 1 aliphatic carbocycles. The van der Waals surface area contributed by atoms with E-state index < -0.39 is 10.0 Å². The van der Waals surface area contributed by atoms with E-state index in [1.807, 2.05) is 12.1 Å². The summed E-state index contributed by atoms with van der Waals surface area (Å²) >= 11 is 6.52. The SMILES string of the molecule is COc1ccc(NC(=O)C2CCN(C)CC2)cc1Nc1ncc(Cl)c(CC[C@H](C)C2CCCC[C@H]2N(C)S(C)(=O)=O)n1. The van der Waals surface area contributed by atoms with Crippen LogP contribution in [0.4, 0.5) is 17.3 Å². The van der Waals surface area contributed by atoms with Crippen LogP contribution in [0.1, 0.15) is 57.6 Å². The number of carbonyl (C=O) groups is 1. The van der Waals surface area contributed by atoms with Crippen LogP contribution in [0.5, 0.6) is 5.75 Å². The summed E-state index contributed by atoms with van der Waals surface area (Å²) < 4.78 is 31.6. The van der Waals surface area contributed by atoms with Gasteiger partial charge in [0.15, 0.2) is 0 Å². The standard InChI is InChI=1S/C30H45ClN6O4S/c1-20(23-8-6-7-9-27(23)37(3)42(5,39)40)10-12-25-24(31)19-32-30(34-25)35-26-18-22(11-13-28(26)41-4)33-29(38)21-14-16-36(2)17-15-21/h11,13,18-21,23,27H,6-10,12,14-17H2,1-5H3,(H,33,38)(H,32,34,35)/t20-,23?,27+/m0/s1. The average Bonchev–Trinajstić information content (AvgIpc) is 2.97. The van der Waals surface area contributed by atoms with Crippen LogP contribution in [0, 0.1) is 17.8 Å². The van der Waals surface area contributed by atoms with Crippen molar-refractivity contribution < 1.29 is 17.9 Å².